The van der Waals surface area contributed by atoms with Gasteiger partial charge in [0, 0.05) is 10.5 Å². The standard InChI is InChI=1S/C12H17FN2S/c1-12(2,3)16-7-8-5-4-6-9(10(8)13)11(14)15/h4-6H,7H2,1-3H3,(H3,14,15). The molecule has 4 heteroatoms. The van der Waals surface area contributed by atoms with Gasteiger partial charge in [-0.25, -0.2) is 4.39 Å². The van der Waals surface area contributed by atoms with Gasteiger partial charge in [-0.15, -0.1) is 0 Å². The third kappa shape index (κ3) is 3.52. The number of halogens is 1. The minimum atomic E-state index is -0.369. The van der Waals surface area contributed by atoms with E-state index in [-0.39, 0.29) is 22.0 Å². The molecule has 0 saturated heterocycles. The van der Waals surface area contributed by atoms with E-state index in [4.69, 9.17) is 11.1 Å². The highest BCUT2D eigenvalue weighted by Crippen LogP contribution is 2.28. The highest BCUT2D eigenvalue weighted by atomic mass is 32.2. The molecule has 0 fully saturated rings. The number of benzene rings is 1. The highest BCUT2D eigenvalue weighted by Gasteiger charge is 2.14. The van der Waals surface area contributed by atoms with E-state index < -0.39 is 0 Å². The van der Waals surface area contributed by atoms with Crippen molar-refractivity contribution in [1.82, 2.24) is 0 Å². The van der Waals surface area contributed by atoms with Crippen molar-refractivity contribution in [1.29, 1.82) is 5.41 Å². The summed E-state index contributed by atoms with van der Waals surface area (Å²) >= 11 is 1.67. The number of rotatable bonds is 3. The number of nitrogen functional groups attached to an aromatic ring is 1. The van der Waals surface area contributed by atoms with Gasteiger partial charge in [0.1, 0.15) is 11.7 Å². The van der Waals surface area contributed by atoms with Gasteiger partial charge < -0.3 is 5.73 Å². The lowest BCUT2D eigenvalue weighted by molar-refractivity contribution is 0.614. The first-order valence-electron chi connectivity index (χ1n) is 5.07. The van der Waals surface area contributed by atoms with Gasteiger partial charge in [0.15, 0.2) is 0 Å². The Hall–Kier alpha value is -1.03. The van der Waals surface area contributed by atoms with Crippen molar-refractivity contribution < 1.29 is 4.39 Å². The molecular weight excluding hydrogens is 223 g/mol. The molecule has 0 atom stereocenters. The summed E-state index contributed by atoms with van der Waals surface area (Å²) in [6.07, 6.45) is 0. The van der Waals surface area contributed by atoms with Crippen molar-refractivity contribution in [3.8, 4) is 0 Å². The van der Waals surface area contributed by atoms with Crippen LogP contribution in [-0.2, 0) is 5.75 Å². The quantitative estimate of drug-likeness (QED) is 0.630. The number of hydrogen-bond donors (Lipinski definition) is 2. The molecule has 0 radical (unpaired) electrons. The van der Waals surface area contributed by atoms with Crippen LogP contribution in [-0.4, -0.2) is 10.6 Å². The molecule has 0 heterocycles. The topological polar surface area (TPSA) is 49.9 Å². The van der Waals surface area contributed by atoms with Crippen molar-refractivity contribution in [3.05, 3.63) is 35.1 Å². The molecule has 0 aliphatic heterocycles. The Labute approximate surface area is 99.9 Å². The molecule has 88 valence electrons. The van der Waals surface area contributed by atoms with Gasteiger partial charge in [0.25, 0.3) is 0 Å². The molecule has 0 amide bonds. The second kappa shape index (κ2) is 4.87. The molecule has 3 N–H and O–H groups in total. The fourth-order valence-electron chi connectivity index (χ4n) is 1.19. The molecule has 0 spiro atoms. The summed E-state index contributed by atoms with van der Waals surface area (Å²) in [4.78, 5) is 0. The second-order valence-electron chi connectivity index (χ2n) is 4.59. The smallest absolute Gasteiger partial charge is 0.138 e. The van der Waals surface area contributed by atoms with Gasteiger partial charge in [-0.05, 0) is 11.6 Å². The lowest BCUT2D eigenvalue weighted by Crippen LogP contribution is -2.14. The zero-order valence-corrected chi connectivity index (χ0v) is 10.6. The Morgan fingerprint density at radius 1 is 1.44 bits per heavy atom. The molecule has 1 aromatic carbocycles. The van der Waals surface area contributed by atoms with Crippen molar-refractivity contribution in [3.63, 3.8) is 0 Å². The largest absolute Gasteiger partial charge is 0.384 e. The molecule has 0 bridgehead atoms. The Balaban J connectivity index is 2.90. The molecule has 16 heavy (non-hydrogen) atoms. The van der Waals surface area contributed by atoms with E-state index in [1.165, 1.54) is 6.07 Å². The van der Waals surface area contributed by atoms with Gasteiger partial charge >= 0.3 is 0 Å². The molecule has 0 saturated carbocycles. The third-order valence-electron chi connectivity index (χ3n) is 2.03. The molecule has 0 aliphatic carbocycles. The Kier molecular flexibility index (Phi) is 3.97. The van der Waals surface area contributed by atoms with Crippen molar-refractivity contribution in [2.24, 2.45) is 5.73 Å². The number of nitrogens with one attached hydrogen (secondary N) is 1. The van der Waals surface area contributed by atoms with Crippen LogP contribution in [0.25, 0.3) is 0 Å². The van der Waals surface area contributed by atoms with E-state index >= 15 is 0 Å². The van der Waals surface area contributed by atoms with E-state index in [9.17, 15) is 4.39 Å². The Bertz CT molecular complexity index is 396. The maximum absolute atomic E-state index is 13.9. The fourth-order valence-corrected chi connectivity index (χ4v) is 2.01. The zero-order chi connectivity index (χ0) is 12.3. The summed E-state index contributed by atoms with van der Waals surface area (Å²) in [6, 6.07) is 5.00. The van der Waals surface area contributed by atoms with E-state index in [2.05, 4.69) is 20.8 Å². The number of amidine groups is 1. The van der Waals surface area contributed by atoms with Crippen LogP contribution in [0.3, 0.4) is 0 Å². The fraction of sp³-hybridized carbons (Fsp3) is 0.417. The molecule has 1 rings (SSSR count). The average Bonchev–Trinajstić information content (AvgIpc) is 2.14. The monoisotopic (exact) mass is 240 g/mol. The van der Waals surface area contributed by atoms with Gasteiger partial charge in [-0.3, -0.25) is 5.41 Å². The van der Waals surface area contributed by atoms with Crippen LogP contribution in [0.5, 0.6) is 0 Å². The maximum atomic E-state index is 13.9. The van der Waals surface area contributed by atoms with Crippen LogP contribution in [0.2, 0.25) is 0 Å². The number of thioether (sulfide) groups is 1. The number of hydrogen-bond acceptors (Lipinski definition) is 2. The van der Waals surface area contributed by atoms with Crippen LogP contribution < -0.4 is 5.73 Å². The van der Waals surface area contributed by atoms with Crippen LogP contribution >= 0.6 is 11.8 Å². The number of nitrogens with two attached hydrogens (primary N) is 1. The lowest BCUT2D eigenvalue weighted by Gasteiger charge is -2.18. The van der Waals surface area contributed by atoms with E-state index in [0.29, 0.717) is 11.3 Å². The molecule has 2 nitrogen and oxygen atoms in total. The SMILES string of the molecule is CC(C)(C)SCc1cccc(C(=N)N)c1F. The van der Waals surface area contributed by atoms with Gasteiger partial charge in [0.05, 0.1) is 5.56 Å². The summed E-state index contributed by atoms with van der Waals surface area (Å²) in [5, 5.41) is 7.26. The minimum absolute atomic E-state index is 0.0959. The summed E-state index contributed by atoms with van der Waals surface area (Å²) in [5.74, 6) is 0.00283. The molecular formula is C12H17FN2S. The van der Waals surface area contributed by atoms with E-state index in [0.717, 1.165) is 0 Å². The molecule has 0 aromatic heterocycles. The van der Waals surface area contributed by atoms with E-state index in [1.807, 2.05) is 0 Å². The third-order valence-corrected chi connectivity index (χ3v) is 3.35. The second-order valence-corrected chi connectivity index (χ2v) is 6.40. The van der Waals surface area contributed by atoms with Crippen LogP contribution in [0.4, 0.5) is 4.39 Å². The minimum Gasteiger partial charge on any atom is -0.384 e. The van der Waals surface area contributed by atoms with E-state index in [1.54, 1.807) is 23.9 Å². The molecule has 0 aliphatic rings. The van der Waals surface area contributed by atoms with Crippen LogP contribution in [0, 0.1) is 11.2 Å². The first kappa shape index (κ1) is 13.0. The summed E-state index contributed by atoms with van der Waals surface area (Å²) in [7, 11) is 0. The van der Waals surface area contributed by atoms with Gasteiger partial charge in [-0.2, -0.15) is 11.8 Å². The predicted octanol–water partition coefficient (Wildman–Crippen LogP) is 3.14. The highest BCUT2D eigenvalue weighted by molar-refractivity contribution is 7.99. The first-order valence-corrected chi connectivity index (χ1v) is 6.05. The van der Waals surface area contributed by atoms with Crippen LogP contribution in [0.15, 0.2) is 18.2 Å². The average molecular weight is 240 g/mol. The van der Waals surface area contributed by atoms with Gasteiger partial charge in [0.2, 0.25) is 0 Å². The summed E-state index contributed by atoms with van der Waals surface area (Å²) in [6.45, 7) is 6.26. The Morgan fingerprint density at radius 3 is 2.56 bits per heavy atom. The summed E-state index contributed by atoms with van der Waals surface area (Å²) < 4.78 is 14.0. The molecule has 1 aromatic rings. The van der Waals surface area contributed by atoms with Crippen molar-refractivity contribution >= 4 is 17.6 Å². The van der Waals surface area contributed by atoms with Crippen molar-refractivity contribution in [2.45, 2.75) is 31.3 Å². The van der Waals surface area contributed by atoms with Crippen LogP contribution in [0.1, 0.15) is 31.9 Å². The normalized spacial score (nSPS) is 11.5. The molecule has 0 unspecified atom stereocenters. The summed E-state index contributed by atoms with van der Waals surface area (Å²) in [5.41, 5.74) is 6.09. The predicted molar refractivity (Wildman–Crippen MR) is 68.5 cm³/mol. The Morgan fingerprint density at radius 2 is 2.06 bits per heavy atom. The zero-order valence-electron chi connectivity index (χ0n) is 9.80. The maximum Gasteiger partial charge on any atom is 0.138 e. The lowest BCUT2D eigenvalue weighted by atomic mass is 10.1. The van der Waals surface area contributed by atoms with Gasteiger partial charge in [-0.1, -0.05) is 32.9 Å². The van der Waals surface area contributed by atoms with Crippen molar-refractivity contribution in [2.75, 3.05) is 0 Å². The first-order chi connectivity index (χ1) is 7.31.